The van der Waals surface area contributed by atoms with Gasteiger partial charge in [-0.15, -0.1) is 0 Å². The van der Waals surface area contributed by atoms with E-state index in [9.17, 15) is 4.79 Å². The summed E-state index contributed by atoms with van der Waals surface area (Å²) >= 11 is 0. The molecule has 0 radical (unpaired) electrons. The minimum absolute atomic E-state index is 0.0948. The summed E-state index contributed by atoms with van der Waals surface area (Å²) in [6.07, 6.45) is 10.6. The number of amides is 1. The zero-order chi connectivity index (χ0) is 26.2. The number of rotatable bonds is 7. The quantitative estimate of drug-likeness (QED) is 0.267. The highest BCUT2D eigenvalue weighted by molar-refractivity contribution is 5.97. The third kappa shape index (κ3) is 4.17. The van der Waals surface area contributed by atoms with Gasteiger partial charge in [0.1, 0.15) is 17.0 Å². The van der Waals surface area contributed by atoms with Crippen molar-refractivity contribution >= 4 is 33.7 Å². The molecular weight excluding hydrogens is 485 g/mol. The molecule has 0 aliphatic heterocycles. The first-order valence-corrected chi connectivity index (χ1v) is 12.3. The highest BCUT2D eigenvalue weighted by Crippen LogP contribution is 2.34. The topological polar surface area (TPSA) is 130 Å². The molecule has 0 saturated carbocycles. The monoisotopic (exact) mass is 509 g/mol. The Morgan fingerprint density at radius 3 is 2.89 bits per heavy atom. The van der Waals surface area contributed by atoms with Crippen LogP contribution in [-0.2, 0) is 4.79 Å². The molecule has 0 saturated heterocycles. The zero-order valence-electron chi connectivity index (χ0n) is 20.8. The minimum atomic E-state index is -0.471. The maximum absolute atomic E-state index is 16.1. The summed E-state index contributed by atoms with van der Waals surface area (Å²) in [5.74, 6) is -0.182. The smallest absolute Gasteiger partial charge is 0.224 e. The molecule has 1 aromatic carbocycles. The number of aryl methyl sites for hydroxylation is 1. The second-order valence-corrected chi connectivity index (χ2v) is 9.07. The number of hydrogen-bond donors (Lipinski definition) is 3. The van der Waals surface area contributed by atoms with Crippen LogP contribution in [0.5, 0.6) is 0 Å². The lowest BCUT2D eigenvalue weighted by Crippen LogP contribution is -2.11. The standard InChI is InChI=1S/C27H24FN9O/c1-3-4-5-21(38)32-17-10-16(11-29-12-17)18-6-7-19-22(23(18)28)25(36-35-19)27-33-24-20(8-9-30-26(24)34-27)37-13-15(2)31-14-37/h6-14H,3-5H2,1-2H3,(H,32,38)(H,35,36)(H,30,33,34). The van der Waals surface area contributed by atoms with Crippen LogP contribution in [0.2, 0.25) is 0 Å². The van der Waals surface area contributed by atoms with Gasteiger partial charge >= 0.3 is 0 Å². The van der Waals surface area contributed by atoms with Gasteiger partial charge in [-0.1, -0.05) is 13.3 Å². The maximum atomic E-state index is 16.1. The van der Waals surface area contributed by atoms with Crippen LogP contribution < -0.4 is 5.32 Å². The Bertz CT molecular complexity index is 1800. The van der Waals surface area contributed by atoms with Crippen molar-refractivity contribution in [2.24, 2.45) is 0 Å². The lowest BCUT2D eigenvalue weighted by Gasteiger charge is -2.08. The lowest BCUT2D eigenvalue weighted by molar-refractivity contribution is -0.116. The molecule has 1 amide bonds. The molecule has 38 heavy (non-hydrogen) atoms. The first-order chi connectivity index (χ1) is 18.5. The van der Waals surface area contributed by atoms with Gasteiger partial charge < -0.3 is 14.9 Å². The fraction of sp³-hybridized carbons (Fsp3) is 0.185. The van der Waals surface area contributed by atoms with Crippen LogP contribution in [-0.4, -0.2) is 45.6 Å². The van der Waals surface area contributed by atoms with E-state index in [1.807, 2.05) is 30.7 Å². The number of fused-ring (bicyclic) bond motifs is 2. The van der Waals surface area contributed by atoms with E-state index >= 15 is 4.39 Å². The number of imidazole rings is 2. The second kappa shape index (κ2) is 9.51. The van der Waals surface area contributed by atoms with Crippen molar-refractivity contribution in [1.82, 2.24) is 39.7 Å². The molecule has 11 heteroatoms. The normalized spacial score (nSPS) is 11.4. The molecule has 0 unspecified atom stereocenters. The van der Waals surface area contributed by atoms with E-state index in [2.05, 4.69) is 40.4 Å². The van der Waals surface area contributed by atoms with Gasteiger partial charge in [0.25, 0.3) is 0 Å². The molecule has 6 rings (SSSR count). The number of H-pyrrole nitrogens is 2. The predicted molar refractivity (Wildman–Crippen MR) is 142 cm³/mol. The van der Waals surface area contributed by atoms with Gasteiger partial charge in [-0.3, -0.25) is 14.9 Å². The van der Waals surface area contributed by atoms with Gasteiger partial charge in [-0.25, -0.2) is 19.3 Å². The number of nitrogens with one attached hydrogen (secondary N) is 3. The molecule has 190 valence electrons. The number of carbonyl (C=O) groups excluding carboxylic acids is 1. The molecule has 0 bridgehead atoms. The largest absolute Gasteiger partial charge is 0.333 e. The Kier molecular flexibility index (Phi) is 5.87. The molecule has 3 N–H and O–H groups in total. The third-order valence-corrected chi connectivity index (χ3v) is 6.34. The van der Waals surface area contributed by atoms with Crippen LogP contribution in [0.3, 0.4) is 0 Å². The highest BCUT2D eigenvalue weighted by Gasteiger charge is 2.21. The molecule has 10 nitrogen and oxygen atoms in total. The average Bonchev–Trinajstić information content (AvgIpc) is 3.65. The highest BCUT2D eigenvalue weighted by atomic mass is 19.1. The van der Waals surface area contributed by atoms with Gasteiger partial charge in [0, 0.05) is 36.1 Å². The summed E-state index contributed by atoms with van der Waals surface area (Å²) in [4.78, 5) is 32.9. The SMILES string of the molecule is CCCCC(=O)Nc1cncc(-c2ccc3[nH]nc(-c4nc5nccc(-n6cnc(C)c6)c5[nH]4)c3c2F)c1. The number of carbonyl (C=O) groups is 1. The van der Waals surface area contributed by atoms with E-state index in [1.54, 1.807) is 43.1 Å². The Labute approximate surface area is 216 Å². The van der Waals surface area contributed by atoms with Gasteiger partial charge in [0.15, 0.2) is 11.5 Å². The Hall–Kier alpha value is -4.93. The summed E-state index contributed by atoms with van der Waals surface area (Å²) in [6, 6.07) is 7.00. The number of halogens is 1. The maximum Gasteiger partial charge on any atom is 0.224 e. The van der Waals surface area contributed by atoms with Gasteiger partial charge in [-0.2, -0.15) is 5.10 Å². The summed E-state index contributed by atoms with van der Waals surface area (Å²) in [5.41, 5.74) is 5.10. The van der Waals surface area contributed by atoms with Gasteiger partial charge in [0.2, 0.25) is 5.91 Å². The summed E-state index contributed by atoms with van der Waals surface area (Å²) in [6.45, 7) is 3.94. The molecule has 0 spiro atoms. The van der Waals surface area contributed by atoms with Crippen molar-refractivity contribution in [2.75, 3.05) is 5.32 Å². The molecule has 0 aliphatic rings. The van der Waals surface area contributed by atoms with E-state index in [-0.39, 0.29) is 5.91 Å². The van der Waals surface area contributed by atoms with E-state index in [0.29, 0.717) is 56.8 Å². The number of pyridine rings is 2. The van der Waals surface area contributed by atoms with Crippen molar-refractivity contribution in [3.8, 4) is 28.3 Å². The van der Waals surface area contributed by atoms with Crippen LogP contribution in [0.25, 0.3) is 50.4 Å². The number of benzene rings is 1. The van der Waals surface area contributed by atoms with E-state index in [0.717, 1.165) is 24.2 Å². The van der Waals surface area contributed by atoms with Crippen molar-refractivity contribution in [1.29, 1.82) is 0 Å². The van der Waals surface area contributed by atoms with E-state index < -0.39 is 5.82 Å². The molecule has 5 heterocycles. The van der Waals surface area contributed by atoms with Gasteiger partial charge in [-0.05, 0) is 37.6 Å². The number of unbranched alkanes of at least 4 members (excludes halogenated alkanes) is 1. The fourth-order valence-corrected chi connectivity index (χ4v) is 4.46. The molecule has 0 aliphatic carbocycles. The molecule has 0 atom stereocenters. The third-order valence-electron chi connectivity index (χ3n) is 6.34. The van der Waals surface area contributed by atoms with Crippen LogP contribution in [0, 0.1) is 12.7 Å². The predicted octanol–water partition coefficient (Wildman–Crippen LogP) is 5.33. The van der Waals surface area contributed by atoms with Crippen LogP contribution >= 0.6 is 0 Å². The van der Waals surface area contributed by atoms with Crippen molar-refractivity contribution in [3.05, 3.63) is 66.9 Å². The number of aromatic amines is 2. The number of nitrogens with zero attached hydrogens (tertiary/aromatic N) is 6. The number of aromatic nitrogens is 8. The fourth-order valence-electron chi connectivity index (χ4n) is 4.46. The molecule has 6 aromatic rings. The number of anilines is 1. The average molecular weight is 510 g/mol. The Morgan fingerprint density at radius 2 is 2.08 bits per heavy atom. The summed E-state index contributed by atoms with van der Waals surface area (Å²) < 4.78 is 17.9. The Balaban J connectivity index is 1.41. The summed E-state index contributed by atoms with van der Waals surface area (Å²) in [7, 11) is 0. The van der Waals surface area contributed by atoms with Gasteiger partial charge in [0.05, 0.1) is 40.5 Å². The second-order valence-electron chi connectivity index (χ2n) is 9.07. The lowest BCUT2D eigenvalue weighted by atomic mass is 10.0. The zero-order valence-corrected chi connectivity index (χ0v) is 20.8. The van der Waals surface area contributed by atoms with Crippen LogP contribution in [0.4, 0.5) is 10.1 Å². The summed E-state index contributed by atoms with van der Waals surface area (Å²) in [5, 5.41) is 10.4. The Morgan fingerprint density at radius 1 is 1.18 bits per heavy atom. The minimum Gasteiger partial charge on any atom is -0.333 e. The van der Waals surface area contributed by atoms with Crippen LogP contribution in [0.15, 0.2) is 55.4 Å². The van der Waals surface area contributed by atoms with Crippen molar-refractivity contribution < 1.29 is 9.18 Å². The van der Waals surface area contributed by atoms with E-state index in [1.165, 1.54) is 0 Å². The van der Waals surface area contributed by atoms with Crippen LogP contribution in [0.1, 0.15) is 31.9 Å². The molecule has 5 aromatic heterocycles. The number of hydrogen-bond acceptors (Lipinski definition) is 6. The molecular formula is C27H24FN9O. The molecule has 0 fully saturated rings. The van der Waals surface area contributed by atoms with E-state index in [4.69, 9.17) is 0 Å². The van der Waals surface area contributed by atoms with Crippen molar-refractivity contribution in [3.63, 3.8) is 0 Å². The first kappa shape index (κ1) is 23.5. The van der Waals surface area contributed by atoms with Crippen molar-refractivity contribution in [2.45, 2.75) is 33.1 Å². The first-order valence-electron chi connectivity index (χ1n) is 12.3.